The number of hydrogen-bond acceptors (Lipinski definition) is 0. The first-order chi connectivity index (χ1) is 13.7. The Morgan fingerprint density at radius 3 is 0.929 bits per heavy atom. The van der Waals surface area contributed by atoms with Gasteiger partial charge in [0, 0.05) is 9.65 Å². The lowest BCUT2D eigenvalue weighted by Crippen LogP contribution is -2.53. The van der Waals surface area contributed by atoms with Crippen molar-refractivity contribution in [2.45, 2.75) is 112 Å². The minimum atomic E-state index is 0.823. The van der Waals surface area contributed by atoms with E-state index in [-0.39, 0.29) is 0 Å². The SMILES string of the molecule is BrC1CCC(C2C3CCCCC3C(C3CCC(Br)CC3)C3CCCCC32)CC1. The molecule has 0 N–H and O–H groups in total. The Morgan fingerprint density at radius 2 is 0.643 bits per heavy atom. The van der Waals surface area contributed by atoms with Gasteiger partial charge in [-0.15, -0.1) is 0 Å². The molecule has 4 unspecified atom stereocenters. The molecule has 5 aliphatic rings. The summed E-state index contributed by atoms with van der Waals surface area (Å²) in [6.45, 7) is 0. The second-order valence-electron chi connectivity index (χ2n) is 11.4. The molecular formula is C26H42Br2. The van der Waals surface area contributed by atoms with Gasteiger partial charge in [0.25, 0.3) is 0 Å². The molecule has 0 bridgehead atoms. The zero-order chi connectivity index (χ0) is 19.1. The second-order valence-corrected chi connectivity index (χ2v) is 14.0. The Hall–Kier alpha value is 0.960. The Balaban J connectivity index is 1.43. The van der Waals surface area contributed by atoms with E-state index < -0.39 is 0 Å². The minimum Gasteiger partial charge on any atom is -0.0891 e. The van der Waals surface area contributed by atoms with Crippen LogP contribution in [0.2, 0.25) is 0 Å². The van der Waals surface area contributed by atoms with Gasteiger partial charge in [0.2, 0.25) is 0 Å². The van der Waals surface area contributed by atoms with E-state index in [0.717, 1.165) is 57.0 Å². The molecule has 0 radical (unpaired) electrons. The van der Waals surface area contributed by atoms with Crippen molar-refractivity contribution in [3.8, 4) is 0 Å². The molecule has 0 aromatic carbocycles. The topological polar surface area (TPSA) is 0 Å². The van der Waals surface area contributed by atoms with Crippen molar-refractivity contribution in [3.05, 3.63) is 0 Å². The summed E-state index contributed by atoms with van der Waals surface area (Å²) in [5.74, 6) is 8.80. The van der Waals surface area contributed by atoms with Gasteiger partial charge < -0.3 is 0 Å². The third-order valence-electron chi connectivity index (χ3n) is 10.2. The Morgan fingerprint density at radius 1 is 0.357 bits per heavy atom. The zero-order valence-electron chi connectivity index (χ0n) is 17.8. The molecule has 28 heavy (non-hydrogen) atoms. The zero-order valence-corrected chi connectivity index (χ0v) is 21.0. The molecule has 160 valence electrons. The summed E-state index contributed by atoms with van der Waals surface area (Å²) < 4.78 is 0. The van der Waals surface area contributed by atoms with Crippen molar-refractivity contribution in [1.29, 1.82) is 0 Å². The average molecular weight is 514 g/mol. The van der Waals surface area contributed by atoms with Crippen molar-refractivity contribution in [2.75, 3.05) is 0 Å². The van der Waals surface area contributed by atoms with Crippen molar-refractivity contribution >= 4 is 31.9 Å². The van der Waals surface area contributed by atoms with Crippen LogP contribution in [0.25, 0.3) is 0 Å². The summed E-state index contributed by atoms with van der Waals surface area (Å²) in [4.78, 5) is 1.65. The fourth-order valence-corrected chi connectivity index (χ4v) is 10.3. The van der Waals surface area contributed by atoms with Crippen molar-refractivity contribution in [3.63, 3.8) is 0 Å². The lowest BCUT2D eigenvalue weighted by atomic mass is 9.45. The van der Waals surface area contributed by atoms with Gasteiger partial charge in [-0.1, -0.05) is 57.5 Å². The molecule has 0 aromatic rings. The molecular weight excluding hydrogens is 472 g/mol. The van der Waals surface area contributed by atoms with E-state index >= 15 is 0 Å². The van der Waals surface area contributed by atoms with E-state index in [4.69, 9.17) is 0 Å². The quantitative estimate of drug-likeness (QED) is 0.323. The van der Waals surface area contributed by atoms with Crippen molar-refractivity contribution in [2.24, 2.45) is 47.3 Å². The fourth-order valence-electron chi connectivity index (χ4n) is 9.25. The molecule has 0 nitrogen and oxygen atoms in total. The standard InChI is InChI=1S/C26H42Br2/c27-19-13-9-17(10-14-19)25-21-5-1-2-6-22(21)26(18-11-15-20(28)16-12-18)24-8-4-3-7-23(24)25/h17-26H,1-16H2. The first-order valence-corrected chi connectivity index (χ1v) is 14.8. The van der Waals surface area contributed by atoms with Crippen LogP contribution in [0, 0.1) is 47.3 Å². The maximum atomic E-state index is 3.94. The summed E-state index contributed by atoms with van der Waals surface area (Å²) in [5, 5.41) is 0. The minimum absolute atomic E-state index is 0.823. The number of rotatable bonds is 2. The third kappa shape index (κ3) is 4.05. The van der Waals surface area contributed by atoms with Gasteiger partial charge in [-0.3, -0.25) is 0 Å². The van der Waals surface area contributed by atoms with Gasteiger partial charge in [-0.2, -0.15) is 0 Å². The maximum absolute atomic E-state index is 3.94. The van der Waals surface area contributed by atoms with Crippen LogP contribution in [0.1, 0.15) is 103 Å². The molecule has 0 amide bonds. The lowest BCUT2D eigenvalue weighted by Gasteiger charge is -2.60. The van der Waals surface area contributed by atoms with Crippen LogP contribution < -0.4 is 0 Å². The maximum Gasteiger partial charge on any atom is 0.0146 e. The number of hydrogen-bond donors (Lipinski definition) is 0. The van der Waals surface area contributed by atoms with E-state index in [1.165, 1.54) is 51.4 Å². The van der Waals surface area contributed by atoms with E-state index in [2.05, 4.69) is 31.9 Å². The highest BCUT2D eigenvalue weighted by molar-refractivity contribution is 9.09. The summed E-state index contributed by atoms with van der Waals surface area (Å²) >= 11 is 7.88. The lowest BCUT2D eigenvalue weighted by molar-refractivity contribution is -0.111. The molecule has 0 heterocycles. The number of alkyl halides is 2. The molecule has 0 aliphatic heterocycles. The van der Waals surface area contributed by atoms with Gasteiger partial charge in [0.1, 0.15) is 0 Å². The highest BCUT2D eigenvalue weighted by Gasteiger charge is 2.54. The Bertz CT molecular complexity index is 433. The van der Waals surface area contributed by atoms with E-state index in [9.17, 15) is 0 Å². The van der Waals surface area contributed by atoms with Crippen LogP contribution in [0.3, 0.4) is 0 Å². The van der Waals surface area contributed by atoms with Gasteiger partial charge >= 0.3 is 0 Å². The van der Waals surface area contributed by atoms with Crippen LogP contribution >= 0.6 is 31.9 Å². The highest BCUT2D eigenvalue weighted by atomic mass is 79.9. The van der Waals surface area contributed by atoms with Crippen molar-refractivity contribution < 1.29 is 0 Å². The van der Waals surface area contributed by atoms with Crippen LogP contribution in [-0.4, -0.2) is 9.65 Å². The molecule has 4 atom stereocenters. The monoisotopic (exact) mass is 512 g/mol. The smallest absolute Gasteiger partial charge is 0.0146 e. The molecule has 0 spiro atoms. The normalized spacial score (nSPS) is 52.5. The van der Waals surface area contributed by atoms with Crippen LogP contribution in [0.15, 0.2) is 0 Å². The highest BCUT2D eigenvalue weighted by Crippen LogP contribution is 2.62. The third-order valence-corrected chi connectivity index (χ3v) is 12.1. The van der Waals surface area contributed by atoms with Gasteiger partial charge in [0.15, 0.2) is 0 Å². The molecule has 2 heteroatoms. The number of halogens is 2. The first kappa shape index (κ1) is 20.8. The molecule has 5 aliphatic carbocycles. The average Bonchev–Trinajstić information content (AvgIpc) is 2.74. The molecule has 0 saturated heterocycles. The predicted octanol–water partition coefficient (Wildman–Crippen LogP) is 8.75. The Labute approximate surface area is 191 Å². The number of fused-ring (bicyclic) bond motifs is 2. The van der Waals surface area contributed by atoms with Gasteiger partial charge in [-0.05, 0) is 124 Å². The van der Waals surface area contributed by atoms with E-state index in [1.54, 1.807) is 51.4 Å². The predicted molar refractivity (Wildman–Crippen MR) is 127 cm³/mol. The van der Waals surface area contributed by atoms with Crippen LogP contribution in [0.5, 0.6) is 0 Å². The van der Waals surface area contributed by atoms with Crippen LogP contribution in [0.4, 0.5) is 0 Å². The van der Waals surface area contributed by atoms with Gasteiger partial charge in [0.05, 0.1) is 0 Å². The molecule has 5 saturated carbocycles. The second kappa shape index (κ2) is 9.22. The molecule has 0 aromatic heterocycles. The summed E-state index contributed by atoms with van der Waals surface area (Å²) in [6.07, 6.45) is 24.5. The van der Waals surface area contributed by atoms with Crippen molar-refractivity contribution in [1.82, 2.24) is 0 Å². The first-order valence-electron chi connectivity index (χ1n) is 13.0. The summed E-state index contributed by atoms with van der Waals surface area (Å²) in [7, 11) is 0. The molecule has 5 fully saturated rings. The molecule has 5 rings (SSSR count). The van der Waals surface area contributed by atoms with Crippen LogP contribution in [-0.2, 0) is 0 Å². The summed E-state index contributed by atoms with van der Waals surface area (Å²) in [5.41, 5.74) is 0. The Kier molecular flexibility index (Phi) is 6.86. The summed E-state index contributed by atoms with van der Waals surface area (Å²) in [6, 6.07) is 0. The van der Waals surface area contributed by atoms with E-state index in [1.807, 2.05) is 0 Å². The van der Waals surface area contributed by atoms with E-state index in [0.29, 0.717) is 0 Å². The van der Waals surface area contributed by atoms with Gasteiger partial charge in [-0.25, -0.2) is 0 Å². The largest absolute Gasteiger partial charge is 0.0891 e. The fraction of sp³-hybridized carbons (Fsp3) is 1.00.